The zero-order chi connectivity index (χ0) is 14.7. The van der Waals surface area contributed by atoms with Crippen LogP contribution in [0.25, 0.3) is 0 Å². The lowest BCUT2D eigenvalue weighted by Crippen LogP contribution is -2.40. The van der Waals surface area contributed by atoms with Crippen molar-refractivity contribution in [3.63, 3.8) is 0 Å². The molecule has 0 amide bonds. The summed E-state index contributed by atoms with van der Waals surface area (Å²) < 4.78 is 5.06. The number of ether oxygens (including phenoxy) is 1. The first-order valence-electron chi connectivity index (χ1n) is 7.68. The number of esters is 1. The Bertz CT molecular complexity index is 230. The van der Waals surface area contributed by atoms with Crippen molar-refractivity contribution < 1.29 is 9.53 Å². The Hall–Kier alpha value is -0.610. The maximum Gasteiger partial charge on any atom is 0.323 e. The molecule has 0 rings (SSSR count). The van der Waals surface area contributed by atoms with Crippen LogP contribution in [0.2, 0.25) is 0 Å². The van der Waals surface area contributed by atoms with Crippen molar-refractivity contribution in [3.05, 3.63) is 0 Å². The molecule has 0 aliphatic heterocycles. The first kappa shape index (κ1) is 18.4. The Morgan fingerprint density at radius 2 is 1.84 bits per heavy atom. The fourth-order valence-corrected chi connectivity index (χ4v) is 2.23. The average Bonchev–Trinajstić information content (AvgIpc) is 2.43. The van der Waals surface area contributed by atoms with Crippen LogP contribution in [-0.4, -0.2) is 50.2 Å². The van der Waals surface area contributed by atoms with Crippen LogP contribution in [0, 0.1) is 5.92 Å². The van der Waals surface area contributed by atoms with Crippen LogP contribution < -0.4 is 5.32 Å². The highest BCUT2D eigenvalue weighted by Crippen LogP contribution is 2.10. The third kappa shape index (κ3) is 7.53. The standard InChI is InChI=1S/C15H32N2O2/c1-6-13(7-2)12-17(8-3)11-10-14(16-5)15(18)19-9-4/h13-14,16H,6-12H2,1-5H3. The predicted octanol–water partition coefficient (Wildman–Crippen LogP) is 2.29. The van der Waals surface area contributed by atoms with Gasteiger partial charge in [-0.25, -0.2) is 0 Å². The quantitative estimate of drug-likeness (QED) is 0.586. The smallest absolute Gasteiger partial charge is 0.323 e. The summed E-state index contributed by atoms with van der Waals surface area (Å²) in [4.78, 5) is 14.1. The number of carbonyl (C=O) groups excluding carboxylic acids is 1. The SMILES string of the molecule is CCOC(=O)C(CCN(CC)CC(CC)CC)NC. The number of rotatable bonds is 11. The molecule has 0 saturated heterocycles. The zero-order valence-corrected chi connectivity index (χ0v) is 13.4. The van der Waals surface area contributed by atoms with Crippen LogP contribution in [-0.2, 0) is 9.53 Å². The highest BCUT2D eigenvalue weighted by Gasteiger charge is 2.19. The van der Waals surface area contributed by atoms with Crippen LogP contribution in [0.3, 0.4) is 0 Å². The number of nitrogens with zero attached hydrogens (tertiary/aromatic N) is 1. The maximum atomic E-state index is 11.7. The summed E-state index contributed by atoms with van der Waals surface area (Å²) in [5, 5.41) is 3.05. The Kier molecular flexibility index (Phi) is 10.9. The van der Waals surface area contributed by atoms with Gasteiger partial charge < -0.3 is 15.0 Å². The van der Waals surface area contributed by atoms with Crippen molar-refractivity contribution in [2.75, 3.05) is 33.3 Å². The van der Waals surface area contributed by atoms with Gasteiger partial charge in [0.1, 0.15) is 6.04 Å². The van der Waals surface area contributed by atoms with E-state index in [9.17, 15) is 4.79 Å². The molecule has 0 saturated carbocycles. The van der Waals surface area contributed by atoms with Crippen molar-refractivity contribution in [2.24, 2.45) is 5.92 Å². The minimum absolute atomic E-state index is 0.136. The molecule has 114 valence electrons. The number of carbonyl (C=O) groups is 1. The summed E-state index contributed by atoms with van der Waals surface area (Å²) in [6, 6.07) is -0.185. The number of nitrogens with one attached hydrogen (secondary N) is 1. The largest absolute Gasteiger partial charge is 0.465 e. The molecular formula is C15H32N2O2. The second-order valence-corrected chi connectivity index (χ2v) is 4.96. The zero-order valence-electron chi connectivity index (χ0n) is 13.4. The van der Waals surface area contributed by atoms with Gasteiger partial charge in [0.25, 0.3) is 0 Å². The van der Waals surface area contributed by atoms with Crippen molar-refractivity contribution in [2.45, 2.75) is 53.0 Å². The van der Waals surface area contributed by atoms with Gasteiger partial charge in [0, 0.05) is 13.1 Å². The molecule has 0 spiro atoms. The van der Waals surface area contributed by atoms with E-state index in [-0.39, 0.29) is 12.0 Å². The minimum Gasteiger partial charge on any atom is -0.465 e. The number of hydrogen-bond acceptors (Lipinski definition) is 4. The number of hydrogen-bond donors (Lipinski definition) is 1. The first-order valence-corrected chi connectivity index (χ1v) is 7.68. The molecule has 0 aliphatic carbocycles. The molecule has 0 heterocycles. The van der Waals surface area contributed by atoms with Crippen LogP contribution in [0.15, 0.2) is 0 Å². The summed E-state index contributed by atoms with van der Waals surface area (Å²) in [6.07, 6.45) is 3.25. The van der Waals surface area contributed by atoms with Gasteiger partial charge in [0.15, 0.2) is 0 Å². The second kappa shape index (κ2) is 11.2. The minimum atomic E-state index is -0.185. The molecule has 0 aromatic rings. The normalized spacial score (nSPS) is 13.0. The molecule has 0 aromatic heterocycles. The summed E-state index contributed by atoms with van der Waals surface area (Å²) in [7, 11) is 1.82. The second-order valence-electron chi connectivity index (χ2n) is 4.96. The summed E-state index contributed by atoms with van der Waals surface area (Å²) in [6.45, 7) is 12.1. The van der Waals surface area contributed by atoms with Crippen molar-refractivity contribution >= 4 is 5.97 Å². The molecule has 1 atom stereocenters. The topological polar surface area (TPSA) is 41.6 Å². The van der Waals surface area contributed by atoms with Crippen molar-refractivity contribution in [1.29, 1.82) is 0 Å². The molecule has 1 unspecified atom stereocenters. The predicted molar refractivity (Wildman–Crippen MR) is 80.3 cm³/mol. The van der Waals surface area contributed by atoms with Crippen LogP contribution in [0.1, 0.15) is 47.0 Å². The fraction of sp³-hybridized carbons (Fsp3) is 0.933. The van der Waals surface area contributed by atoms with Crippen LogP contribution in [0.5, 0.6) is 0 Å². The Labute approximate surface area is 118 Å². The van der Waals surface area contributed by atoms with Crippen molar-refractivity contribution in [3.8, 4) is 0 Å². The van der Waals surface area contributed by atoms with Gasteiger partial charge in [-0.1, -0.05) is 33.6 Å². The fourth-order valence-electron chi connectivity index (χ4n) is 2.23. The lowest BCUT2D eigenvalue weighted by Gasteiger charge is -2.26. The molecule has 19 heavy (non-hydrogen) atoms. The third-order valence-corrected chi connectivity index (χ3v) is 3.77. The van der Waals surface area contributed by atoms with Crippen LogP contribution in [0.4, 0.5) is 0 Å². The molecule has 0 radical (unpaired) electrons. The van der Waals surface area contributed by atoms with Crippen LogP contribution >= 0.6 is 0 Å². The van der Waals surface area contributed by atoms with Crippen molar-refractivity contribution in [1.82, 2.24) is 10.2 Å². The first-order chi connectivity index (χ1) is 9.12. The van der Waals surface area contributed by atoms with E-state index in [4.69, 9.17) is 4.74 Å². The lowest BCUT2D eigenvalue weighted by atomic mass is 10.0. The van der Waals surface area contributed by atoms with Gasteiger partial charge in [0.05, 0.1) is 6.61 Å². The number of likely N-dealkylation sites (N-methyl/N-ethyl adjacent to an activating group) is 1. The van der Waals surface area contributed by atoms with E-state index < -0.39 is 0 Å². The Balaban J connectivity index is 4.19. The van der Waals surface area contributed by atoms with E-state index in [1.165, 1.54) is 12.8 Å². The molecule has 0 bridgehead atoms. The maximum absolute atomic E-state index is 11.7. The molecule has 0 aromatic carbocycles. The Morgan fingerprint density at radius 3 is 2.26 bits per heavy atom. The van der Waals surface area contributed by atoms with Gasteiger partial charge in [-0.2, -0.15) is 0 Å². The average molecular weight is 272 g/mol. The van der Waals surface area contributed by atoms with E-state index in [2.05, 4.69) is 31.0 Å². The van der Waals surface area contributed by atoms with Gasteiger partial charge in [-0.3, -0.25) is 4.79 Å². The van der Waals surface area contributed by atoms with Gasteiger partial charge in [-0.05, 0) is 32.9 Å². The molecular weight excluding hydrogens is 240 g/mol. The van der Waals surface area contributed by atoms with Gasteiger partial charge >= 0.3 is 5.97 Å². The summed E-state index contributed by atoms with van der Waals surface area (Å²) in [5.41, 5.74) is 0. The molecule has 4 nitrogen and oxygen atoms in total. The molecule has 1 N–H and O–H groups in total. The molecule has 4 heteroatoms. The van der Waals surface area contributed by atoms with Gasteiger partial charge in [0.2, 0.25) is 0 Å². The van der Waals surface area contributed by atoms with E-state index >= 15 is 0 Å². The van der Waals surface area contributed by atoms with E-state index in [1.807, 2.05) is 14.0 Å². The summed E-state index contributed by atoms with van der Waals surface area (Å²) in [5.74, 6) is 0.624. The van der Waals surface area contributed by atoms with E-state index in [0.29, 0.717) is 6.61 Å². The molecule has 0 fully saturated rings. The monoisotopic (exact) mass is 272 g/mol. The lowest BCUT2D eigenvalue weighted by molar-refractivity contribution is -0.145. The highest BCUT2D eigenvalue weighted by molar-refractivity contribution is 5.75. The molecule has 0 aliphatic rings. The van der Waals surface area contributed by atoms with Gasteiger partial charge in [-0.15, -0.1) is 0 Å². The highest BCUT2D eigenvalue weighted by atomic mass is 16.5. The summed E-state index contributed by atoms with van der Waals surface area (Å²) >= 11 is 0. The Morgan fingerprint density at radius 1 is 1.21 bits per heavy atom. The van der Waals surface area contributed by atoms with E-state index in [0.717, 1.165) is 32.0 Å². The third-order valence-electron chi connectivity index (χ3n) is 3.77. The van der Waals surface area contributed by atoms with E-state index in [1.54, 1.807) is 0 Å².